The molecule has 0 aliphatic carbocycles. The van der Waals surface area contributed by atoms with E-state index in [0.717, 1.165) is 11.1 Å². The molecule has 2 aromatic rings. The van der Waals surface area contributed by atoms with Crippen LogP contribution in [0.4, 0.5) is 0 Å². The van der Waals surface area contributed by atoms with Gasteiger partial charge in [0, 0.05) is 17.3 Å². The molecule has 1 aromatic heterocycles. The first kappa shape index (κ1) is 11.8. The molecule has 0 aliphatic rings. The summed E-state index contributed by atoms with van der Waals surface area (Å²) in [6.45, 7) is 3.95. The molecule has 3 heteroatoms. The fraction of sp³-hybridized carbons (Fsp3) is 0.143. The summed E-state index contributed by atoms with van der Waals surface area (Å²) in [5, 5.41) is 0.334. The summed E-state index contributed by atoms with van der Waals surface area (Å²) in [7, 11) is 0. The van der Waals surface area contributed by atoms with Crippen molar-refractivity contribution in [3.8, 4) is 0 Å². The smallest absolute Gasteiger partial charge is 0.193 e. The Kier molecular flexibility index (Phi) is 3.25. The van der Waals surface area contributed by atoms with E-state index >= 15 is 0 Å². The van der Waals surface area contributed by atoms with E-state index < -0.39 is 0 Å². The minimum Gasteiger partial charge on any atom is -0.289 e. The van der Waals surface area contributed by atoms with Crippen LogP contribution in [0.5, 0.6) is 0 Å². The van der Waals surface area contributed by atoms with Crippen molar-refractivity contribution in [3.05, 3.63) is 63.9 Å². The Bertz CT molecular complexity index is 558. The van der Waals surface area contributed by atoms with Gasteiger partial charge in [0.2, 0.25) is 0 Å². The maximum atomic E-state index is 12.2. The third-order valence-electron chi connectivity index (χ3n) is 2.47. The standard InChI is InChI=1S/C14H12ClNO/c1-9-5-10(2)7-12(6-9)14(17)11-3-4-16-13(15)8-11/h3-8H,1-2H3. The Morgan fingerprint density at radius 3 is 2.29 bits per heavy atom. The van der Waals surface area contributed by atoms with Crippen molar-refractivity contribution >= 4 is 17.4 Å². The summed E-state index contributed by atoms with van der Waals surface area (Å²) < 4.78 is 0. The van der Waals surface area contributed by atoms with E-state index in [1.54, 1.807) is 12.1 Å². The molecule has 0 N–H and O–H groups in total. The van der Waals surface area contributed by atoms with Crippen LogP contribution in [-0.2, 0) is 0 Å². The van der Waals surface area contributed by atoms with E-state index in [1.807, 2.05) is 32.0 Å². The van der Waals surface area contributed by atoms with Crippen molar-refractivity contribution < 1.29 is 4.79 Å². The van der Waals surface area contributed by atoms with Crippen molar-refractivity contribution in [1.82, 2.24) is 4.98 Å². The number of carbonyl (C=O) groups excluding carboxylic acids is 1. The van der Waals surface area contributed by atoms with Crippen molar-refractivity contribution in [2.45, 2.75) is 13.8 Å². The second-order valence-corrected chi connectivity index (χ2v) is 4.46. The van der Waals surface area contributed by atoms with Crippen LogP contribution in [0.1, 0.15) is 27.0 Å². The molecule has 0 aliphatic heterocycles. The molecule has 0 radical (unpaired) electrons. The third-order valence-corrected chi connectivity index (χ3v) is 2.68. The molecule has 17 heavy (non-hydrogen) atoms. The number of aromatic nitrogens is 1. The minimum absolute atomic E-state index is 0.0268. The van der Waals surface area contributed by atoms with Gasteiger partial charge in [-0.25, -0.2) is 4.98 Å². The number of aryl methyl sites for hydroxylation is 2. The Hall–Kier alpha value is -1.67. The number of pyridine rings is 1. The lowest BCUT2D eigenvalue weighted by atomic mass is 10.0. The Morgan fingerprint density at radius 1 is 1.06 bits per heavy atom. The summed E-state index contributed by atoms with van der Waals surface area (Å²) in [4.78, 5) is 16.1. The van der Waals surface area contributed by atoms with Crippen molar-refractivity contribution in [2.75, 3.05) is 0 Å². The molecule has 2 nitrogen and oxygen atoms in total. The molecule has 0 spiro atoms. The fourth-order valence-corrected chi connectivity index (χ4v) is 1.99. The normalized spacial score (nSPS) is 10.3. The van der Waals surface area contributed by atoms with E-state index in [-0.39, 0.29) is 5.78 Å². The quantitative estimate of drug-likeness (QED) is 0.598. The molecule has 0 saturated heterocycles. The summed E-state index contributed by atoms with van der Waals surface area (Å²) in [6.07, 6.45) is 1.54. The Labute approximate surface area is 105 Å². The van der Waals surface area contributed by atoms with Gasteiger partial charge >= 0.3 is 0 Å². The van der Waals surface area contributed by atoms with Gasteiger partial charge in [-0.1, -0.05) is 28.8 Å². The van der Waals surface area contributed by atoms with Crippen molar-refractivity contribution in [1.29, 1.82) is 0 Å². The van der Waals surface area contributed by atoms with Gasteiger partial charge in [0.1, 0.15) is 5.15 Å². The molecule has 86 valence electrons. The Balaban J connectivity index is 2.43. The van der Waals surface area contributed by atoms with Gasteiger partial charge in [-0.3, -0.25) is 4.79 Å². The monoisotopic (exact) mass is 245 g/mol. The molecular formula is C14H12ClNO. The molecule has 0 unspecified atom stereocenters. The van der Waals surface area contributed by atoms with Crippen LogP contribution in [0, 0.1) is 13.8 Å². The minimum atomic E-state index is -0.0268. The first-order valence-corrected chi connectivity index (χ1v) is 5.68. The second kappa shape index (κ2) is 4.68. The molecule has 0 bridgehead atoms. The van der Waals surface area contributed by atoms with Crippen LogP contribution in [0.3, 0.4) is 0 Å². The largest absolute Gasteiger partial charge is 0.289 e. The van der Waals surface area contributed by atoms with Gasteiger partial charge in [0.25, 0.3) is 0 Å². The van der Waals surface area contributed by atoms with Crippen LogP contribution in [0.15, 0.2) is 36.5 Å². The van der Waals surface area contributed by atoms with Crippen LogP contribution in [0.2, 0.25) is 5.15 Å². The zero-order chi connectivity index (χ0) is 12.4. The molecule has 0 atom stereocenters. The van der Waals surface area contributed by atoms with Crippen molar-refractivity contribution in [2.24, 2.45) is 0 Å². The molecule has 1 aromatic carbocycles. The number of nitrogens with zero attached hydrogens (tertiary/aromatic N) is 1. The van der Waals surface area contributed by atoms with Crippen LogP contribution in [0.25, 0.3) is 0 Å². The number of hydrogen-bond acceptors (Lipinski definition) is 2. The van der Waals surface area contributed by atoms with E-state index in [4.69, 9.17) is 11.6 Å². The van der Waals surface area contributed by atoms with Gasteiger partial charge in [-0.2, -0.15) is 0 Å². The van der Waals surface area contributed by atoms with E-state index in [9.17, 15) is 4.79 Å². The highest BCUT2D eigenvalue weighted by Crippen LogP contribution is 2.15. The summed E-state index contributed by atoms with van der Waals surface area (Å²) in [5.41, 5.74) is 3.40. The number of benzene rings is 1. The maximum Gasteiger partial charge on any atom is 0.193 e. The zero-order valence-electron chi connectivity index (χ0n) is 9.70. The van der Waals surface area contributed by atoms with E-state index in [0.29, 0.717) is 16.3 Å². The zero-order valence-corrected chi connectivity index (χ0v) is 10.5. The number of rotatable bonds is 2. The average molecular weight is 246 g/mol. The number of halogens is 1. The van der Waals surface area contributed by atoms with Crippen LogP contribution < -0.4 is 0 Å². The SMILES string of the molecule is Cc1cc(C)cc(C(=O)c2ccnc(Cl)c2)c1. The lowest BCUT2D eigenvalue weighted by Gasteiger charge is -2.04. The molecule has 0 saturated carbocycles. The fourth-order valence-electron chi connectivity index (χ4n) is 1.82. The topological polar surface area (TPSA) is 30.0 Å². The molecule has 0 fully saturated rings. The number of hydrogen-bond donors (Lipinski definition) is 0. The highest BCUT2D eigenvalue weighted by Gasteiger charge is 2.10. The summed E-state index contributed by atoms with van der Waals surface area (Å²) in [5.74, 6) is -0.0268. The number of ketones is 1. The van der Waals surface area contributed by atoms with Crippen LogP contribution in [-0.4, -0.2) is 10.8 Å². The average Bonchev–Trinajstić information content (AvgIpc) is 2.26. The predicted molar refractivity (Wildman–Crippen MR) is 68.6 cm³/mol. The van der Waals surface area contributed by atoms with E-state index in [1.165, 1.54) is 6.20 Å². The van der Waals surface area contributed by atoms with Crippen LogP contribution >= 0.6 is 11.6 Å². The van der Waals surface area contributed by atoms with E-state index in [2.05, 4.69) is 4.98 Å². The van der Waals surface area contributed by atoms with Crippen molar-refractivity contribution in [3.63, 3.8) is 0 Å². The first-order chi connectivity index (χ1) is 8.06. The maximum absolute atomic E-state index is 12.2. The molecule has 0 amide bonds. The van der Waals surface area contributed by atoms with Gasteiger partial charge < -0.3 is 0 Å². The lowest BCUT2D eigenvalue weighted by molar-refractivity contribution is 0.103. The van der Waals surface area contributed by atoms with Gasteiger partial charge in [-0.15, -0.1) is 0 Å². The van der Waals surface area contributed by atoms with Gasteiger partial charge in [0.15, 0.2) is 5.78 Å². The molecular weight excluding hydrogens is 234 g/mol. The van der Waals surface area contributed by atoms with Gasteiger partial charge in [0.05, 0.1) is 0 Å². The van der Waals surface area contributed by atoms with Gasteiger partial charge in [-0.05, 0) is 38.1 Å². The highest BCUT2D eigenvalue weighted by atomic mass is 35.5. The summed E-state index contributed by atoms with van der Waals surface area (Å²) in [6, 6.07) is 9.05. The summed E-state index contributed by atoms with van der Waals surface area (Å²) >= 11 is 5.78. The predicted octanol–water partition coefficient (Wildman–Crippen LogP) is 3.58. The Morgan fingerprint density at radius 2 is 1.71 bits per heavy atom. The first-order valence-electron chi connectivity index (χ1n) is 5.31. The molecule has 2 rings (SSSR count). The number of carbonyl (C=O) groups is 1. The highest BCUT2D eigenvalue weighted by molar-refractivity contribution is 6.30. The molecule has 1 heterocycles. The third kappa shape index (κ3) is 2.71. The second-order valence-electron chi connectivity index (χ2n) is 4.07. The lowest BCUT2D eigenvalue weighted by Crippen LogP contribution is -2.02.